The van der Waals surface area contributed by atoms with Crippen molar-refractivity contribution in [3.05, 3.63) is 23.5 Å². The van der Waals surface area contributed by atoms with Crippen LogP contribution in [0.3, 0.4) is 0 Å². The minimum absolute atomic E-state index is 0.109. The van der Waals surface area contributed by atoms with Gasteiger partial charge in [0, 0.05) is 11.7 Å². The summed E-state index contributed by atoms with van der Waals surface area (Å²) in [6.07, 6.45) is 1.59. The average Bonchev–Trinajstić information content (AvgIpc) is 2.80. The molecule has 2 N–H and O–H groups in total. The highest BCUT2D eigenvalue weighted by molar-refractivity contribution is 6.07. The number of amides is 1. The first kappa shape index (κ1) is 15.9. The highest BCUT2D eigenvalue weighted by Crippen LogP contribution is 2.21. The summed E-state index contributed by atoms with van der Waals surface area (Å²) in [4.78, 5) is 28.1. The second-order valence-electron chi connectivity index (χ2n) is 6.12. The van der Waals surface area contributed by atoms with Crippen molar-refractivity contribution in [1.82, 2.24) is 20.1 Å². The Kier molecular flexibility index (Phi) is 3.91. The molecular weight excluding hydrogens is 284 g/mol. The molecule has 0 bridgehead atoms. The molecule has 0 atom stereocenters. The van der Waals surface area contributed by atoms with E-state index in [-0.39, 0.29) is 6.04 Å². The zero-order chi connectivity index (χ0) is 16.7. The van der Waals surface area contributed by atoms with Gasteiger partial charge in [0.05, 0.1) is 17.1 Å². The van der Waals surface area contributed by atoms with Crippen LogP contribution >= 0.6 is 0 Å². The Hall–Kier alpha value is -2.44. The fourth-order valence-electron chi connectivity index (χ4n) is 2.11. The highest BCUT2D eigenvalue weighted by atomic mass is 16.4. The Morgan fingerprint density at radius 3 is 2.55 bits per heavy atom. The van der Waals surface area contributed by atoms with Crippen molar-refractivity contribution in [3.8, 4) is 0 Å². The zero-order valence-corrected chi connectivity index (χ0v) is 13.3. The number of nitrogens with zero attached hydrogens (tertiary/aromatic N) is 3. The monoisotopic (exact) mass is 304 g/mol. The van der Waals surface area contributed by atoms with Crippen LogP contribution in [-0.2, 0) is 4.79 Å². The molecular formula is C15H20N4O3. The van der Waals surface area contributed by atoms with Crippen LogP contribution in [0.25, 0.3) is 11.0 Å². The van der Waals surface area contributed by atoms with Gasteiger partial charge in [0.15, 0.2) is 5.65 Å². The SMILES string of the molecule is Cc1cc(C(=O)NC(C)(C)C(=O)O)c2cnn(C(C)C)c2n1. The van der Waals surface area contributed by atoms with E-state index in [1.165, 1.54) is 13.8 Å². The number of hydrogen-bond donors (Lipinski definition) is 2. The van der Waals surface area contributed by atoms with Gasteiger partial charge in [0.1, 0.15) is 5.54 Å². The lowest BCUT2D eigenvalue weighted by Crippen LogP contribution is -2.49. The Morgan fingerprint density at radius 1 is 1.36 bits per heavy atom. The summed E-state index contributed by atoms with van der Waals surface area (Å²) in [6.45, 7) is 8.62. The van der Waals surface area contributed by atoms with E-state index in [2.05, 4.69) is 15.4 Å². The standard InChI is InChI=1S/C15H20N4O3/c1-8(2)19-12-11(7-16-19)10(6-9(3)17-12)13(20)18-15(4,5)14(21)22/h6-8H,1-5H3,(H,18,20)(H,21,22). The number of hydrogen-bond acceptors (Lipinski definition) is 4. The maximum Gasteiger partial charge on any atom is 0.328 e. The second kappa shape index (κ2) is 5.40. The largest absolute Gasteiger partial charge is 0.480 e. The number of aliphatic carboxylic acids is 1. The number of fused-ring (bicyclic) bond motifs is 1. The highest BCUT2D eigenvalue weighted by Gasteiger charge is 2.30. The van der Waals surface area contributed by atoms with Gasteiger partial charge < -0.3 is 10.4 Å². The summed E-state index contributed by atoms with van der Waals surface area (Å²) in [7, 11) is 0. The summed E-state index contributed by atoms with van der Waals surface area (Å²) in [5.74, 6) is -1.55. The number of rotatable bonds is 4. The van der Waals surface area contributed by atoms with Crippen LogP contribution < -0.4 is 5.32 Å². The fourth-order valence-corrected chi connectivity index (χ4v) is 2.11. The summed E-state index contributed by atoms with van der Waals surface area (Å²) >= 11 is 0. The maximum atomic E-state index is 12.5. The summed E-state index contributed by atoms with van der Waals surface area (Å²) in [5, 5.41) is 16.5. The normalized spacial score (nSPS) is 11.9. The molecule has 0 aliphatic carbocycles. The van der Waals surface area contributed by atoms with E-state index in [0.717, 1.165) is 0 Å². The number of carboxylic acids is 1. The van der Waals surface area contributed by atoms with Crippen LogP contribution in [0.5, 0.6) is 0 Å². The number of carbonyl (C=O) groups is 2. The lowest BCUT2D eigenvalue weighted by Gasteiger charge is -2.21. The quantitative estimate of drug-likeness (QED) is 0.899. The Labute approximate surface area is 128 Å². The van der Waals surface area contributed by atoms with Gasteiger partial charge in [-0.2, -0.15) is 5.10 Å². The van der Waals surface area contributed by atoms with E-state index in [0.29, 0.717) is 22.3 Å². The smallest absolute Gasteiger partial charge is 0.328 e. The number of carbonyl (C=O) groups excluding carboxylic acids is 1. The topological polar surface area (TPSA) is 97.1 Å². The number of nitrogens with one attached hydrogen (secondary N) is 1. The minimum atomic E-state index is -1.35. The molecule has 0 radical (unpaired) electrons. The van der Waals surface area contributed by atoms with Crippen LogP contribution in [-0.4, -0.2) is 37.3 Å². The zero-order valence-electron chi connectivity index (χ0n) is 13.3. The number of aromatic nitrogens is 3. The van der Waals surface area contributed by atoms with Gasteiger partial charge in [-0.25, -0.2) is 14.5 Å². The Bertz CT molecular complexity index is 747. The van der Waals surface area contributed by atoms with Crippen molar-refractivity contribution in [2.24, 2.45) is 0 Å². The second-order valence-corrected chi connectivity index (χ2v) is 6.12. The third-order valence-corrected chi connectivity index (χ3v) is 3.39. The van der Waals surface area contributed by atoms with Gasteiger partial charge in [-0.1, -0.05) is 0 Å². The van der Waals surface area contributed by atoms with Gasteiger partial charge in [0.2, 0.25) is 0 Å². The molecule has 22 heavy (non-hydrogen) atoms. The van der Waals surface area contributed by atoms with Crippen molar-refractivity contribution in [2.75, 3.05) is 0 Å². The first-order valence-electron chi connectivity index (χ1n) is 7.04. The van der Waals surface area contributed by atoms with Crippen molar-refractivity contribution >= 4 is 22.9 Å². The summed E-state index contributed by atoms with van der Waals surface area (Å²) in [5.41, 5.74) is 0.319. The van der Waals surface area contributed by atoms with Gasteiger partial charge in [-0.05, 0) is 40.7 Å². The predicted molar refractivity (Wildman–Crippen MR) is 81.8 cm³/mol. The molecule has 0 aliphatic heterocycles. The van der Waals surface area contributed by atoms with Crippen LogP contribution in [0.1, 0.15) is 49.8 Å². The lowest BCUT2D eigenvalue weighted by molar-refractivity contribution is -0.143. The molecule has 118 valence electrons. The average molecular weight is 304 g/mol. The number of aryl methyl sites for hydroxylation is 1. The van der Waals surface area contributed by atoms with E-state index in [4.69, 9.17) is 5.11 Å². The molecule has 2 heterocycles. The van der Waals surface area contributed by atoms with Crippen molar-refractivity contribution < 1.29 is 14.7 Å². The van der Waals surface area contributed by atoms with E-state index in [1.54, 1.807) is 23.9 Å². The van der Waals surface area contributed by atoms with E-state index < -0.39 is 17.4 Å². The van der Waals surface area contributed by atoms with E-state index >= 15 is 0 Å². The van der Waals surface area contributed by atoms with Gasteiger partial charge >= 0.3 is 5.97 Å². The molecule has 0 saturated heterocycles. The first-order chi connectivity index (χ1) is 10.1. The number of pyridine rings is 1. The van der Waals surface area contributed by atoms with Crippen molar-refractivity contribution in [2.45, 2.75) is 46.2 Å². The molecule has 2 rings (SSSR count). The maximum absolute atomic E-state index is 12.5. The Morgan fingerprint density at radius 2 is 2.00 bits per heavy atom. The number of carboxylic acid groups (broad SMARTS) is 1. The predicted octanol–water partition coefficient (Wildman–Crippen LogP) is 1.91. The fraction of sp³-hybridized carbons (Fsp3) is 0.467. The van der Waals surface area contributed by atoms with Gasteiger partial charge in [-0.15, -0.1) is 0 Å². The molecule has 0 aromatic carbocycles. The molecule has 7 nitrogen and oxygen atoms in total. The molecule has 1 amide bonds. The molecule has 2 aromatic rings. The minimum Gasteiger partial charge on any atom is -0.480 e. The molecule has 7 heteroatoms. The molecule has 0 unspecified atom stereocenters. The molecule has 2 aromatic heterocycles. The summed E-state index contributed by atoms with van der Waals surface area (Å²) < 4.78 is 1.74. The summed E-state index contributed by atoms with van der Waals surface area (Å²) in [6, 6.07) is 1.75. The third-order valence-electron chi connectivity index (χ3n) is 3.39. The molecule has 0 fully saturated rings. The van der Waals surface area contributed by atoms with Crippen LogP contribution in [0, 0.1) is 6.92 Å². The molecule has 0 saturated carbocycles. The molecule has 0 aliphatic rings. The first-order valence-corrected chi connectivity index (χ1v) is 7.04. The van der Waals surface area contributed by atoms with Gasteiger partial charge in [-0.3, -0.25) is 4.79 Å². The van der Waals surface area contributed by atoms with Crippen molar-refractivity contribution in [1.29, 1.82) is 0 Å². The van der Waals surface area contributed by atoms with Crippen LogP contribution in [0.4, 0.5) is 0 Å². The van der Waals surface area contributed by atoms with E-state index in [1.807, 2.05) is 13.8 Å². The van der Waals surface area contributed by atoms with Crippen molar-refractivity contribution in [3.63, 3.8) is 0 Å². The van der Waals surface area contributed by atoms with Crippen LogP contribution in [0.15, 0.2) is 12.3 Å². The van der Waals surface area contributed by atoms with Crippen LogP contribution in [0.2, 0.25) is 0 Å². The Balaban J connectivity index is 2.52. The van der Waals surface area contributed by atoms with E-state index in [9.17, 15) is 9.59 Å². The third kappa shape index (κ3) is 2.79. The van der Waals surface area contributed by atoms with Gasteiger partial charge in [0.25, 0.3) is 5.91 Å². The lowest BCUT2D eigenvalue weighted by atomic mass is 10.0. The molecule has 0 spiro atoms.